The van der Waals surface area contributed by atoms with Crippen LogP contribution >= 0.6 is 0 Å². The van der Waals surface area contributed by atoms with Gasteiger partial charge in [-0.3, -0.25) is 39.3 Å². The van der Waals surface area contributed by atoms with Crippen molar-refractivity contribution in [2.45, 2.75) is 58.8 Å². The lowest BCUT2D eigenvalue weighted by molar-refractivity contribution is -0.137. The van der Waals surface area contributed by atoms with Crippen molar-refractivity contribution < 1.29 is 24.0 Å². The second kappa shape index (κ2) is 14.0. The summed E-state index contributed by atoms with van der Waals surface area (Å²) in [5.74, 6) is 5.64. The smallest absolute Gasteiger partial charge is 0.270 e. The summed E-state index contributed by atoms with van der Waals surface area (Å²) >= 11 is 0. The van der Waals surface area contributed by atoms with Crippen molar-refractivity contribution in [3.63, 3.8) is 0 Å². The second-order valence-electron chi connectivity index (χ2n) is 13.6. The molecule has 13 nitrogen and oxygen atoms in total. The average Bonchev–Trinajstić information content (AvgIpc) is 3.72. The number of benzene rings is 2. The maximum Gasteiger partial charge on any atom is 0.270 e. The zero-order chi connectivity index (χ0) is 37.5. The molecule has 5 amide bonds. The lowest BCUT2D eigenvalue weighted by atomic mass is 10.0. The Hall–Kier alpha value is -6.68. The molecule has 0 saturated carbocycles. The number of hydrogen-bond acceptors (Lipinski definition) is 8. The quantitative estimate of drug-likeness (QED) is 0.199. The van der Waals surface area contributed by atoms with E-state index in [2.05, 4.69) is 38.9 Å². The number of piperidine rings is 1. The number of pyridine rings is 2. The summed E-state index contributed by atoms with van der Waals surface area (Å²) in [5, 5.41) is 7.02. The highest BCUT2D eigenvalue weighted by Crippen LogP contribution is 2.34. The molecular weight excluding hydrogens is 685 g/mol. The molecule has 3 aromatic heterocycles. The summed E-state index contributed by atoms with van der Waals surface area (Å²) in [6.45, 7) is 5.96. The van der Waals surface area contributed by atoms with Gasteiger partial charge >= 0.3 is 0 Å². The van der Waals surface area contributed by atoms with Gasteiger partial charge in [-0.25, -0.2) is 4.98 Å². The average molecular weight is 721 g/mol. The molecule has 1 saturated heterocycles. The molecule has 1 atom stereocenters. The molecule has 2 N–H and O–H groups in total. The molecule has 8 rings (SSSR count). The van der Waals surface area contributed by atoms with Crippen molar-refractivity contribution in [2.24, 2.45) is 0 Å². The topological polar surface area (TPSA) is 159 Å². The van der Waals surface area contributed by atoms with Crippen molar-refractivity contribution in [3.8, 4) is 34.4 Å². The Morgan fingerprint density at radius 3 is 2.63 bits per heavy atom. The van der Waals surface area contributed by atoms with E-state index >= 15 is 0 Å². The summed E-state index contributed by atoms with van der Waals surface area (Å²) < 4.78 is 2.24. The van der Waals surface area contributed by atoms with Crippen molar-refractivity contribution in [3.05, 3.63) is 101 Å². The fourth-order valence-corrected chi connectivity index (χ4v) is 7.43. The third-order valence-electron chi connectivity index (χ3n) is 10.3. The van der Waals surface area contributed by atoms with Crippen LogP contribution in [0.4, 0.5) is 0 Å². The lowest BCUT2D eigenvalue weighted by Gasteiger charge is -2.29. The fraction of sp³-hybridized carbons (Fsp3) is 0.268. The van der Waals surface area contributed by atoms with E-state index in [1.54, 1.807) is 31.3 Å². The number of carbonyl (C=O) groups excluding carboxylic acids is 5. The summed E-state index contributed by atoms with van der Waals surface area (Å²) in [7, 11) is 0. The Balaban J connectivity index is 0.921. The Bertz CT molecular complexity index is 2460. The number of hydrogen-bond donors (Lipinski definition) is 2. The van der Waals surface area contributed by atoms with Crippen LogP contribution in [0.3, 0.4) is 0 Å². The Kier molecular flexibility index (Phi) is 8.95. The van der Waals surface area contributed by atoms with Crippen molar-refractivity contribution in [1.29, 1.82) is 0 Å². The molecule has 0 bridgehead atoms. The van der Waals surface area contributed by atoms with E-state index in [0.717, 1.165) is 57.6 Å². The van der Waals surface area contributed by atoms with Gasteiger partial charge in [0, 0.05) is 79.4 Å². The first kappa shape index (κ1) is 34.4. The van der Waals surface area contributed by atoms with Crippen LogP contribution in [0.25, 0.3) is 33.3 Å². The number of nitrogens with one attached hydrogen (secondary N) is 2. The SMILES string of the molecule is CCc1nc(-c2cccc3cc(-c4ccc(C(=O)NCC#Cc5ccc6c(c5)CN(C5CCC(=O)NC5=O)C6=O)nc4)ncc23)c2n1CCN(C(C)=O)C2. The summed E-state index contributed by atoms with van der Waals surface area (Å²) in [6, 6.07) is 16.1. The van der Waals surface area contributed by atoms with Gasteiger partial charge in [0.1, 0.15) is 17.6 Å². The van der Waals surface area contributed by atoms with E-state index in [0.29, 0.717) is 36.3 Å². The molecule has 0 radical (unpaired) electrons. The first-order valence-corrected chi connectivity index (χ1v) is 17.9. The Morgan fingerprint density at radius 1 is 0.981 bits per heavy atom. The van der Waals surface area contributed by atoms with E-state index in [1.165, 1.54) is 4.90 Å². The van der Waals surface area contributed by atoms with Crippen LogP contribution in [0.5, 0.6) is 0 Å². The van der Waals surface area contributed by atoms with Crippen LogP contribution < -0.4 is 10.6 Å². The molecule has 1 unspecified atom stereocenters. The van der Waals surface area contributed by atoms with Crippen molar-refractivity contribution >= 4 is 40.3 Å². The van der Waals surface area contributed by atoms with Crippen LogP contribution in [-0.4, -0.2) is 78.0 Å². The molecule has 5 aromatic rings. The van der Waals surface area contributed by atoms with E-state index in [4.69, 9.17) is 9.97 Å². The highest BCUT2D eigenvalue weighted by atomic mass is 16.2. The predicted octanol–water partition coefficient (Wildman–Crippen LogP) is 3.63. The maximum atomic E-state index is 12.9. The zero-order valence-electron chi connectivity index (χ0n) is 29.8. The molecule has 0 aliphatic carbocycles. The number of imidazole rings is 1. The minimum Gasteiger partial charge on any atom is -0.340 e. The van der Waals surface area contributed by atoms with Gasteiger partial charge in [-0.05, 0) is 53.8 Å². The normalized spacial score (nSPS) is 16.4. The number of rotatable bonds is 6. The van der Waals surface area contributed by atoms with E-state index in [9.17, 15) is 24.0 Å². The van der Waals surface area contributed by atoms with Crippen LogP contribution in [0, 0.1) is 11.8 Å². The van der Waals surface area contributed by atoms with Gasteiger partial charge in [0.05, 0.1) is 30.2 Å². The molecule has 6 heterocycles. The maximum absolute atomic E-state index is 12.9. The standard InChI is InChI=1S/C41H36N8O5/c1-3-36-45-38(35-23-47(24(2)50)16-17-48(35)36)30-8-4-7-26-19-33(44-21-31(26)30)27-10-12-32(43-20-27)39(52)42-15-5-6-25-9-11-29-28(18-25)22-49(41(29)54)34-13-14-37(51)46-40(34)53/h4,7-12,18-21,34H,3,13-17,22-23H2,1-2H3,(H,42,52)(H,46,51,53). The molecular formula is C41H36N8O5. The Morgan fingerprint density at radius 2 is 1.85 bits per heavy atom. The lowest BCUT2D eigenvalue weighted by Crippen LogP contribution is -2.52. The number of amides is 5. The van der Waals surface area contributed by atoms with Crippen LogP contribution in [-0.2, 0) is 40.4 Å². The first-order chi connectivity index (χ1) is 26.2. The molecule has 3 aliphatic heterocycles. The van der Waals surface area contributed by atoms with E-state index < -0.39 is 11.9 Å². The van der Waals surface area contributed by atoms with Gasteiger partial charge in [-0.2, -0.15) is 0 Å². The number of fused-ring (bicyclic) bond motifs is 3. The van der Waals surface area contributed by atoms with Crippen molar-refractivity contribution in [1.82, 2.24) is 40.0 Å². The third-order valence-corrected chi connectivity index (χ3v) is 10.3. The third kappa shape index (κ3) is 6.36. The molecule has 1 fully saturated rings. The van der Waals surface area contributed by atoms with Crippen molar-refractivity contribution in [2.75, 3.05) is 13.1 Å². The summed E-state index contributed by atoms with van der Waals surface area (Å²) in [5.41, 5.74) is 6.54. The predicted molar refractivity (Wildman–Crippen MR) is 198 cm³/mol. The molecule has 0 spiro atoms. The van der Waals surface area contributed by atoms with Gasteiger partial charge in [0.25, 0.3) is 11.8 Å². The number of nitrogens with zero attached hydrogens (tertiary/aromatic N) is 6. The molecule has 2 aromatic carbocycles. The van der Waals surface area contributed by atoms with Gasteiger partial charge in [0.2, 0.25) is 17.7 Å². The molecule has 13 heteroatoms. The Labute approximate surface area is 310 Å². The number of carbonyl (C=O) groups is 5. The van der Waals surface area contributed by atoms with Crippen LogP contribution in [0.15, 0.2) is 67.0 Å². The summed E-state index contributed by atoms with van der Waals surface area (Å²) in [4.78, 5) is 79.4. The zero-order valence-corrected chi connectivity index (χ0v) is 29.8. The van der Waals surface area contributed by atoms with Gasteiger partial charge in [-0.15, -0.1) is 0 Å². The van der Waals surface area contributed by atoms with Crippen LogP contribution in [0.1, 0.15) is 70.2 Å². The van der Waals surface area contributed by atoms with E-state index in [-0.39, 0.29) is 48.8 Å². The highest BCUT2D eigenvalue weighted by Gasteiger charge is 2.39. The number of aromatic nitrogens is 4. The highest BCUT2D eigenvalue weighted by molar-refractivity contribution is 6.05. The number of aryl methyl sites for hydroxylation is 1. The molecule has 270 valence electrons. The number of imide groups is 1. The largest absolute Gasteiger partial charge is 0.340 e. The monoisotopic (exact) mass is 720 g/mol. The second-order valence-corrected chi connectivity index (χ2v) is 13.6. The minimum atomic E-state index is -0.678. The van der Waals surface area contributed by atoms with E-state index in [1.807, 2.05) is 47.5 Å². The van der Waals surface area contributed by atoms with Gasteiger partial charge in [-0.1, -0.05) is 37.0 Å². The van der Waals surface area contributed by atoms with Gasteiger partial charge < -0.3 is 19.7 Å². The molecule has 3 aliphatic rings. The minimum absolute atomic E-state index is 0.0524. The summed E-state index contributed by atoms with van der Waals surface area (Å²) in [6.07, 6.45) is 4.76. The van der Waals surface area contributed by atoms with Crippen LogP contribution in [0.2, 0.25) is 0 Å². The van der Waals surface area contributed by atoms with Gasteiger partial charge in [0.15, 0.2) is 0 Å². The first-order valence-electron chi connectivity index (χ1n) is 17.9. The fourth-order valence-electron chi connectivity index (χ4n) is 7.43. The molecule has 54 heavy (non-hydrogen) atoms.